The SMILES string of the molecule is O=C1C[C@H]2CCCc3ccccc3[C@H]2O1. The Labute approximate surface area is 89.2 Å². The summed E-state index contributed by atoms with van der Waals surface area (Å²) in [6.07, 6.45) is 4.07. The second-order valence-corrected chi connectivity index (χ2v) is 4.47. The predicted molar refractivity (Wildman–Crippen MR) is 56.3 cm³/mol. The Hall–Kier alpha value is -1.31. The molecule has 0 radical (unpaired) electrons. The van der Waals surface area contributed by atoms with Crippen molar-refractivity contribution in [3.63, 3.8) is 0 Å². The highest BCUT2D eigenvalue weighted by atomic mass is 16.5. The van der Waals surface area contributed by atoms with Crippen LogP contribution in [0.3, 0.4) is 0 Å². The minimum atomic E-state index is -0.0262. The van der Waals surface area contributed by atoms with Crippen molar-refractivity contribution in [2.45, 2.75) is 31.8 Å². The van der Waals surface area contributed by atoms with Gasteiger partial charge in [0.2, 0.25) is 0 Å². The molecule has 78 valence electrons. The topological polar surface area (TPSA) is 26.3 Å². The number of benzene rings is 1. The quantitative estimate of drug-likeness (QED) is 0.604. The maximum Gasteiger partial charge on any atom is 0.306 e. The standard InChI is InChI=1S/C13H14O2/c14-12-8-10-6-3-5-9-4-1-2-7-11(9)13(10)15-12/h1-2,4,7,10,13H,3,5-6,8H2/t10-,13+/m1/s1. The van der Waals surface area contributed by atoms with Crippen molar-refractivity contribution in [2.24, 2.45) is 5.92 Å². The lowest BCUT2D eigenvalue weighted by atomic mass is 9.93. The Kier molecular flexibility index (Phi) is 2.01. The van der Waals surface area contributed by atoms with Crippen molar-refractivity contribution in [1.29, 1.82) is 0 Å². The third-order valence-electron chi connectivity index (χ3n) is 3.50. The molecule has 0 spiro atoms. The second kappa shape index (κ2) is 3.37. The van der Waals surface area contributed by atoms with Gasteiger partial charge in [-0.1, -0.05) is 24.3 Å². The van der Waals surface area contributed by atoms with E-state index in [1.54, 1.807) is 0 Å². The Bertz CT molecular complexity index is 397. The minimum absolute atomic E-state index is 0.0262. The lowest BCUT2D eigenvalue weighted by molar-refractivity contribution is -0.141. The molecule has 1 aromatic carbocycles. The number of ether oxygens (including phenoxy) is 1. The number of hydrogen-bond acceptors (Lipinski definition) is 2. The molecule has 2 heteroatoms. The summed E-state index contributed by atoms with van der Waals surface area (Å²) in [7, 11) is 0. The first-order valence-corrected chi connectivity index (χ1v) is 5.62. The Morgan fingerprint density at radius 3 is 3.07 bits per heavy atom. The molecule has 1 saturated heterocycles. The van der Waals surface area contributed by atoms with Crippen LogP contribution in [0, 0.1) is 5.92 Å². The van der Waals surface area contributed by atoms with E-state index in [2.05, 4.69) is 18.2 Å². The van der Waals surface area contributed by atoms with Crippen LogP contribution >= 0.6 is 0 Å². The molecule has 1 aromatic rings. The van der Waals surface area contributed by atoms with Crippen LogP contribution in [-0.2, 0) is 16.0 Å². The van der Waals surface area contributed by atoms with Crippen molar-refractivity contribution in [1.82, 2.24) is 0 Å². The van der Waals surface area contributed by atoms with Gasteiger partial charge in [-0.25, -0.2) is 0 Å². The Balaban J connectivity index is 2.04. The highest BCUT2D eigenvalue weighted by Gasteiger charge is 2.37. The lowest BCUT2D eigenvalue weighted by Crippen LogP contribution is -2.06. The zero-order valence-corrected chi connectivity index (χ0v) is 8.61. The molecule has 0 unspecified atom stereocenters. The first kappa shape index (κ1) is 8.96. The lowest BCUT2D eigenvalue weighted by Gasteiger charge is -2.16. The van der Waals surface area contributed by atoms with Gasteiger partial charge < -0.3 is 4.74 Å². The zero-order chi connectivity index (χ0) is 10.3. The van der Waals surface area contributed by atoms with Crippen molar-refractivity contribution in [3.05, 3.63) is 35.4 Å². The van der Waals surface area contributed by atoms with Gasteiger partial charge in [-0.15, -0.1) is 0 Å². The second-order valence-electron chi connectivity index (χ2n) is 4.47. The average molecular weight is 202 g/mol. The van der Waals surface area contributed by atoms with E-state index in [9.17, 15) is 4.79 Å². The van der Waals surface area contributed by atoms with E-state index in [0.717, 1.165) is 12.8 Å². The van der Waals surface area contributed by atoms with Crippen LogP contribution in [0.2, 0.25) is 0 Å². The van der Waals surface area contributed by atoms with Gasteiger partial charge in [0.05, 0.1) is 6.42 Å². The van der Waals surface area contributed by atoms with E-state index in [1.165, 1.54) is 17.5 Å². The maximum atomic E-state index is 11.3. The van der Waals surface area contributed by atoms with E-state index in [-0.39, 0.29) is 12.1 Å². The van der Waals surface area contributed by atoms with Crippen LogP contribution in [0.15, 0.2) is 24.3 Å². The smallest absolute Gasteiger partial charge is 0.306 e. The summed E-state index contributed by atoms with van der Waals surface area (Å²) in [5.74, 6) is 0.392. The van der Waals surface area contributed by atoms with Crippen molar-refractivity contribution >= 4 is 5.97 Å². The number of hydrogen-bond donors (Lipinski definition) is 0. The van der Waals surface area contributed by atoms with Crippen LogP contribution in [-0.4, -0.2) is 5.97 Å². The van der Waals surface area contributed by atoms with Gasteiger partial charge in [0, 0.05) is 5.92 Å². The number of fused-ring (bicyclic) bond motifs is 3. The molecule has 1 heterocycles. The third-order valence-corrected chi connectivity index (χ3v) is 3.50. The highest BCUT2D eigenvalue weighted by Crippen LogP contribution is 2.42. The Morgan fingerprint density at radius 1 is 1.27 bits per heavy atom. The number of carbonyl (C=O) groups is 1. The third kappa shape index (κ3) is 1.44. The number of carbonyl (C=O) groups excluding carboxylic acids is 1. The van der Waals surface area contributed by atoms with Crippen LogP contribution < -0.4 is 0 Å². The normalized spacial score (nSPS) is 28.9. The van der Waals surface area contributed by atoms with Gasteiger partial charge in [-0.05, 0) is 30.4 Å². The van der Waals surface area contributed by atoms with Crippen LogP contribution in [0.1, 0.15) is 36.5 Å². The largest absolute Gasteiger partial charge is 0.457 e. The highest BCUT2D eigenvalue weighted by molar-refractivity contribution is 5.72. The molecule has 0 bridgehead atoms. The number of rotatable bonds is 0. The van der Waals surface area contributed by atoms with Gasteiger partial charge >= 0.3 is 5.97 Å². The maximum absolute atomic E-state index is 11.3. The van der Waals surface area contributed by atoms with Gasteiger partial charge in [0.1, 0.15) is 6.10 Å². The minimum Gasteiger partial charge on any atom is -0.457 e. The van der Waals surface area contributed by atoms with Crippen molar-refractivity contribution in [3.8, 4) is 0 Å². The monoisotopic (exact) mass is 202 g/mol. The van der Waals surface area contributed by atoms with Crippen LogP contribution in [0.4, 0.5) is 0 Å². The molecule has 3 rings (SSSR count). The van der Waals surface area contributed by atoms with E-state index in [0.29, 0.717) is 12.3 Å². The summed E-state index contributed by atoms with van der Waals surface area (Å²) in [5.41, 5.74) is 2.60. The molecule has 2 aliphatic rings. The van der Waals surface area contributed by atoms with E-state index in [4.69, 9.17) is 4.74 Å². The summed E-state index contributed by atoms with van der Waals surface area (Å²) in [5, 5.41) is 0. The predicted octanol–water partition coefficient (Wildman–Crippen LogP) is 2.63. The van der Waals surface area contributed by atoms with Gasteiger partial charge in [0.25, 0.3) is 0 Å². The molecule has 2 nitrogen and oxygen atoms in total. The van der Waals surface area contributed by atoms with Crippen LogP contribution in [0.5, 0.6) is 0 Å². The summed E-state index contributed by atoms with van der Waals surface area (Å²) < 4.78 is 5.43. The van der Waals surface area contributed by atoms with Crippen molar-refractivity contribution < 1.29 is 9.53 Å². The molecule has 0 saturated carbocycles. The molecule has 0 aromatic heterocycles. The molecule has 15 heavy (non-hydrogen) atoms. The van der Waals surface area contributed by atoms with Gasteiger partial charge in [-0.2, -0.15) is 0 Å². The first-order valence-electron chi connectivity index (χ1n) is 5.62. The fourth-order valence-electron chi connectivity index (χ4n) is 2.77. The summed E-state index contributed by atoms with van der Waals surface area (Å²) >= 11 is 0. The molecule has 1 fully saturated rings. The molecule has 1 aliphatic heterocycles. The average Bonchev–Trinajstić information content (AvgIpc) is 2.52. The fourth-order valence-corrected chi connectivity index (χ4v) is 2.77. The fraction of sp³-hybridized carbons (Fsp3) is 0.462. The van der Waals surface area contributed by atoms with Crippen molar-refractivity contribution in [2.75, 3.05) is 0 Å². The van der Waals surface area contributed by atoms with Crippen LogP contribution in [0.25, 0.3) is 0 Å². The Morgan fingerprint density at radius 2 is 2.13 bits per heavy atom. The summed E-state index contributed by atoms with van der Waals surface area (Å²) in [4.78, 5) is 11.3. The molecule has 2 atom stereocenters. The van der Waals surface area contributed by atoms with E-state index < -0.39 is 0 Å². The molecule has 0 amide bonds. The number of esters is 1. The number of aryl methyl sites for hydroxylation is 1. The summed E-state index contributed by atoms with van der Waals surface area (Å²) in [6.45, 7) is 0. The molecule has 0 N–H and O–H groups in total. The van der Waals surface area contributed by atoms with Gasteiger partial charge in [0.15, 0.2) is 0 Å². The molecular weight excluding hydrogens is 188 g/mol. The van der Waals surface area contributed by atoms with Gasteiger partial charge in [-0.3, -0.25) is 4.79 Å². The summed E-state index contributed by atoms with van der Waals surface area (Å²) in [6, 6.07) is 8.37. The zero-order valence-electron chi connectivity index (χ0n) is 8.61. The first-order chi connectivity index (χ1) is 7.34. The molecule has 1 aliphatic carbocycles. The molecular formula is C13H14O2. The van der Waals surface area contributed by atoms with E-state index in [1.807, 2.05) is 6.07 Å². The van der Waals surface area contributed by atoms with E-state index >= 15 is 0 Å².